The van der Waals surface area contributed by atoms with Crippen molar-refractivity contribution in [1.82, 2.24) is 0 Å². The van der Waals surface area contributed by atoms with Gasteiger partial charge in [-0.1, -0.05) is 68.4 Å². The Labute approximate surface area is 175 Å². The average molecular weight is 389 g/mol. The van der Waals surface area contributed by atoms with Gasteiger partial charge in [0.25, 0.3) is 0 Å². The van der Waals surface area contributed by atoms with Gasteiger partial charge in [-0.15, -0.1) is 0 Å². The lowest BCUT2D eigenvalue weighted by Crippen LogP contribution is -2.23. The number of phenolic OH excluding ortho intramolecular Hbond substituents is 1. The smallest absolute Gasteiger partial charge is 0.120 e. The Bertz CT molecular complexity index is 890. The molecular weight excluding hydrogens is 356 g/mol. The van der Waals surface area contributed by atoms with E-state index in [1.165, 1.54) is 16.7 Å². The van der Waals surface area contributed by atoms with Gasteiger partial charge in [-0.3, -0.25) is 0 Å². The van der Waals surface area contributed by atoms with Crippen molar-refractivity contribution in [2.75, 3.05) is 0 Å². The minimum atomic E-state index is -0.201. The molecule has 3 unspecified atom stereocenters. The lowest BCUT2D eigenvalue weighted by Gasteiger charge is -2.31. The number of ether oxygens (including phenoxy) is 1. The van der Waals surface area contributed by atoms with Crippen LogP contribution >= 0.6 is 0 Å². The highest BCUT2D eigenvalue weighted by atomic mass is 16.5. The second kappa shape index (κ2) is 8.73. The lowest BCUT2D eigenvalue weighted by atomic mass is 9.73. The summed E-state index contributed by atoms with van der Waals surface area (Å²) in [5, 5.41) is 9.68. The molecule has 3 rings (SSSR count). The molecule has 0 amide bonds. The van der Waals surface area contributed by atoms with Crippen LogP contribution in [0.25, 0.3) is 0 Å². The van der Waals surface area contributed by atoms with Crippen LogP contribution in [0.15, 0.2) is 78.9 Å². The van der Waals surface area contributed by atoms with Crippen molar-refractivity contribution < 1.29 is 9.84 Å². The Morgan fingerprint density at radius 3 is 1.62 bits per heavy atom. The molecule has 0 aliphatic heterocycles. The van der Waals surface area contributed by atoms with Crippen molar-refractivity contribution in [3.05, 3.63) is 95.6 Å². The highest BCUT2D eigenvalue weighted by molar-refractivity contribution is 5.37. The zero-order chi connectivity index (χ0) is 21.0. The third-order valence-corrected chi connectivity index (χ3v) is 5.51. The molecule has 2 heteroatoms. The zero-order valence-corrected chi connectivity index (χ0v) is 18.1. The van der Waals surface area contributed by atoms with E-state index in [2.05, 4.69) is 89.2 Å². The fourth-order valence-electron chi connectivity index (χ4n) is 4.07. The van der Waals surface area contributed by atoms with Crippen molar-refractivity contribution in [1.29, 1.82) is 0 Å². The topological polar surface area (TPSA) is 29.5 Å². The van der Waals surface area contributed by atoms with Crippen LogP contribution in [0.2, 0.25) is 0 Å². The molecule has 0 bridgehead atoms. The van der Waals surface area contributed by atoms with Crippen molar-refractivity contribution in [3.63, 3.8) is 0 Å². The number of aromatic hydroxyl groups is 1. The van der Waals surface area contributed by atoms with E-state index in [1.807, 2.05) is 12.1 Å². The van der Waals surface area contributed by atoms with E-state index in [9.17, 15) is 5.11 Å². The quantitative estimate of drug-likeness (QED) is 0.481. The molecule has 1 N–H and O–H groups in total. The fourth-order valence-corrected chi connectivity index (χ4v) is 4.07. The van der Waals surface area contributed by atoms with Crippen molar-refractivity contribution in [3.8, 4) is 11.5 Å². The van der Waals surface area contributed by atoms with Gasteiger partial charge < -0.3 is 9.84 Å². The molecule has 0 aliphatic carbocycles. The first-order chi connectivity index (χ1) is 13.7. The van der Waals surface area contributed by atoms with Gasteiger partial charge >= 0.3 is 0 Å². The summed E-state index contributed by atoms with van der Waals surface area (Å²) in [5.74, 6) is 2.15. The highest BCUT2D eigenvalue weighted by Gasteiger charge is 2.27. The maximum Gasteiger partial charge on any atom is 0.120 e. The van der Waals surface area contributed by atoms with E-state index in [0.717, 1.165) is 5.75 Å². The number of phenols is 1. The van der Waals surface area contributed by atoms with Gasteiger partial charge in [-0.2, -0.15) is 0 Å². The molecule has 0 radical (unpaired) electrons. The molecule has 0 aromatic heterocycles. The van der Waals surface area contributed by atoms with Crippen LogP contribution in [0.5, 0.6) is 11.5 Å². The monoisotopic (exact) mass is 388 g/mol. The van der Waals surface area contributed by atoms with Crippen LogP contribution in [-0.2, 0) is 0 Å². The molecular formula is C27H32O2. The standard InChI is InChI=1S/C27H32O2/c1-19(21-11-15-24(28)16-12-21)26(23-9-7-6-8-10-23)20(2)22-13-17-25(18-14-22)29-27(3,4)5/h6-20,26,28H,1-5H3. The third-order valence-electron chi connectivity index (χ3n) is 5.51. The van der Waals surface area contributed by atoms with Gasteiger partial charge in [-0.25, -0.2) is 0 Å². The number of hydrogen-bond donors (Lipinski definition) is 1. The maximum absolute atomic E-state index is 9.68. The van der Waals surface area contributed by atoms with E-state index < -0.39 is 0 Å². The molecule has 0 aliphatic rings. The van der Waals surface area contributed by atoms with Gasteiger partial charge in [0.05, 0.1) is 0 Å². The van der Waals surface area contributed by atoms with Crippen molar-refractivity contribution >= 4 is 0 Å². The fraction of sp³-hybridized carbons (Fsp3) is 0.333. The summed E-state index contributed by atoms with van der Waals surface area (Å²) in [6.45, 7) is 10.8. The summed E-state index contributed by atoms with van der Waals surface area (Å²) in [6.07, 6.45) is 0. The predicted octanol–water partition coefficient (Wildman–Crippen LogP) is 7.26. The van der Waals surface area contributed by atoms with E-state index in [1.54, 1.807) is 12.1 Å². The molecule has 2 nitrogen and oxygen atoms in total. The van der Waals surface area contributed by atoms with Crippen molar-refractivity contribution in [2.45, 2.75) is 58.0 Å². The summed E-state index contributed by atoms with van der Waals surface area (Å²) < 4.78 is 5.99. The summed E-state index contributed by atoms with van der Waals surface area (Å²) in [5.41, 5.74) is 3.66. The van der Waals surface area contributed by atoms with Gasteiger partial charge in [0, 0.05) is 0 Å². The molecule has 3 aromatic carbocycles. The van der Waals surface area contributed by atoms with Crippen LogP contribution < -0.4 is 4.74 Å². The van der Waals surface area contributed by atoms with E-state index in [4.69, 9.17) is 4.74 Å². The Balaban J connectivity index is 1.92. The third kappa shape index (κ3) is 5.41. The van der Waals surface area contributed by atoms with Gasteiger partial charge in [0.15, 0.2) is 0 Å². The first-order valence-electron chi connectivity index (χ1n) is 10.4. The van der Waals surface area contributed by atoms with Gasteiger partial charge in [0.1, 0.15) is 17.1 Å². The molecule has 0 saturated heterocycles. The summed E-state index contributed by atoms with van der Waals surface area (Å²) in [7, 11) is 0. The molecule has 0 fully saturated rings. The Morgan fingerprint density at radius 1 is 0.655 bits per heavy atom. The van der Waals surface area contributed by atoms with E-state index in [-0.39, 0.29) is 5.60 Å². The van der Waals surface area contributed by atoms with Crippen LogP contribution in [0.4, 0.5) is 0 Å². The Kier molecular flexibility index (Phi) is 6.32. The Morgan fingerprint density at radius 2 is 1.14 bits per heavy atom. The maximum atomic E-state index is 9.68. The molecule has 3 aromatic rings. The minimum Gasteiger partial charge on any atom is -0.508 e. The SMILES string of the molecule is CC(c1ccc(O)cc1)C(c1ccccc1)C(C)c1ccc(OC(C)(C)C)cc1. The second-order valence-electron chi connectivity index (χ2n) is 8.89. The highest BCUT2D eigenvalue weighted by Crippen LogP contribution is 2.43. The normalized spacial score (nSPS) is 14.8. The molecule has 3 atom stereocenters. The van der Waals surface area contributed by atoms with Crippen LogP contribution in [-0.4, -0.2) is 10.7 Å². The van der Waals surface area contributed by atoms with Crippen molar-refractivity contribution in [2.24, 2.45) is 0 Å². The molecule has 0 saturated carbocycles. The second-order valence-corrected chi connectivity index (χ2v) is 8.89. The largest absolute Gasteiger partial charge is 0.508 e. The van der Waals surface area contributed by atoms with Gasteiger partial charge in [0.2, 0.25) is 0 Å². The molecule has 0 heterocycles. The first kappa shape index (κ1) is 21.0. The molecule has 152 valence electrons. The average Bonchev–Trinajstić information content (AvgIpc) is 2.69. The summed E-state index contributed by atoms with van der Waals surface area (Å²) in [6, 6.07) is 26.8. The number of benzene rings is 3. The zero-order valence-electron chi connectivity index (χ0n) is 18.1. The van der Waals surface area contributed by atoms with E-state index >= 15 is 0 Å². The minimum absolute atomic E-state index is 0.201. The van der Waals surface area contributed by atoms with E-state index in [0.29, 0.717) is 23.5 Å². The lowest BCUT2D eigenvalue weighted by molar-refractivity contribution is 0.131. The van der Waals surface area contributed by atoms with Crippen LogP contribution in [0, 0.1) is 0 Å². The summed E-state index contributed by atoms with van der Waals surface area (Å²) in [4.78, 5) is 0. The molecule has 29 heavy (non-hydrogen) atoms. The Hall–Kier alpha value is -2.74. The number of hydrogen-bond acceptors (Lipinski definition) is 2. The van der Waals surface area contributed by atoms with Crippen LogP contribution in [0.3, 0.4) is 0 Å². The summed E-state index contributed by atoms with van der Waals surface area (Å²) >= 11 is 0. The van der Waals surface area contributed by atoms with Crippen LogP contribution in [0.1, 0.15) is 69.1 Å². The number of rotatable bonds is 6. The predicted molar refractivity (Wildman–Crippen MR) is 121 cm³/mol. The molecule has 0 spiro atoms. The first-order valence-corrected chi connectivity index (χ1v) is 10.4. The van der Waals surface area contributed by atoms with Gasteiger partial charge in [-0.05, 0) is 79.5 Å².